The number of hydrogen-bond acceptors (Lipinski definition) is 4. The first kappa shape index (κ1) is 20.8. The highest BCUT2D eigenvalue weighted by molar-refractivity contribution is 7.92. The van der Waals surface area contributed by atoms with E-state index in [9.17, 15) is 13.2 Å². The molecule has 0 aliphatic carbocycles. The number of ether oxygens (including phenoxy) is 1. The van der Waals surface area contributed by atoms with Crippen molar-refractivity contribution in [2.24, 2.45) is 0 Å². The summed E-state index contributed by atoms with van der Waals surface area (Å²) in [6, 6.07) is 13.3. The van der Waals surface area contributed by atoms with Crippen molar-refractivity contribution in [2.75, 3.05) is 24.5 Å². The summed E-state index contributed by atoms with van der Waals surface area (Å²) in [5.74, 6) is 0.331. The SMILES string of the molecule is CCCCNC(=O)COc1ccc(N(C)S(=O)(=O)c2ccc(C)cc2)cc1. The third kappa shape index (κ3) is 5.72. The maximum atomic E-state index is 12.7. The van der Waals surface area contributed by atoms with Crippen LogP contribution in [-0.2, 0) is 14.8 Å². The maximum Gasteiger partial charge on any atom is 0.264 e. The minimum Gasteiger partial charge on any atom is -0.484 e. The van der Waals surface area contributed by atoms with E-state index >= 15 is 0 Å². The number of benzene rings is 2. The monoisotopic (exact) mass is 390 g/mol. The Labute approximate surface area is 161 Å². The topological polar surface area (TPSA) is 75.7 Å². The Morgan fingerprint density at radius 3 is 2.30 bits per heavy atom. The fourth-order valence-corrected chi connectivity index (χ4v) is 3.56. The zero-order valence-corrected chi connectivity index (χ0v) is 16.8. The average molecular weight is 391 g/mol. The third-order valence-corrected chi connectivity index (χ3v) is 5.90. The van der Waals surface area contributed by atoms with E-state index < -0.39 is 10.0 Å². The van der Waals surface area contributed by atoms with E-state index in [1.54, 1.807) is 48.5 Å². The Bertz CT molecular complexity index is 847. The Balaban J connectivity index is 1.99. The number of amides is 1. The van der Waals surface area contributed by atoms with Gasteiger partial charge in [-0.05, 0) is 49.7 Å². The number of carbonyl (C=O) groups is 1. The fraction of sp³-hybridized carbons (Fsp3) is 0.350. The smallest absolute Gasteiger partial charge is 0.264 e. The molecule has 2 aromatic carbocycles. The molecule has 0 aliphatic heterocycles. The molecule has 1 N–H and O–H groups in total. The van der Waals surface area contributed by atoms with Crippen molar-refractivity contribution >= 4 is 21.6 Å². The Morgan fingerprint density at radius 2 is 1.70 bits per heavy atom. The van der Waals surface area contributed by atoms with Crippen LogP contribution in [0.2, 0.25) is 0 Å². The number of rotatable bonds is 9. The summed E-state index contributed by atoms with van der Waals surface area (Å²) >= 11 is 0. The van der Waals surface area contributed by atoms with Crippen molar-refractivity contribution in [1.29, 1.82) is 0 Å². The molecule has 0 saturated heterocycles. The van der Waals surface area contributed by atoms with Gasteiger partial charge in [-0.3, -0.25) is 9.10 Å². The van der Waals surface area contributed by atoms with E-state index in [0.717, 1.165) is 18.4 Å². The number of hydrogen-bond donors (Lipinski definition) is 1. The molecule has 27 heavy (non-hydrogen) atoms. The maximum absolute atomic E-state index is 12.7. The lowest BCUT2D eigenvalue weighted by atomic mass is 10.2. The predicted octanol–water partition coefficient (Wildman–Crippen LogP) is 3.12. The Hall–Kier alpha value is -2.54. The van der Waals surface area contributed by atoms with Crippen molar-refractivity contribution in [3.63, 3.8) is 0 Å². The highest BCUT2D eigenvalue weighted by atomic mass is 32.2. The van der Waals surface area contributed by atoms with Crippen molar-refractivity contribution < 1.29 is 17.9 Å². The van der Waals surface area contributed by atoms with Crippen LogP contribution in [0.4, 0.5) is 5.69 Å². The van der Waals surface area contributed by atoms with Crippen LogP contribution in [0.25, 0.3) is 0 Å². The molecule has 1 amide bonds. The average Bonchev–Trinajstić information content (AvgIpc) is 2.67. The van der Waals surface area contributed by atoms with E-state index in [0.29, 0.717) is 18.0 Å². The molecule has 0 heterocycles. The molecule has 0 unspecified atom stereocenters. The quantitative estimate of drug-likeness (QED) is 0.668. The van der Waals surface area contributed by atoms with E-state index in [4.69, 9.17) is 4.74 Å². The molecule has 0 aromatic heterocycles. The first-order valence-electron chi connectivity index (χ1n) is 8.89. The summed E-state index contributed by atoms with van der Waals surface area (Å²) in [6.07, 6.45) is 1.95. The number of carbonyl (C=O) groups excluding carboxylic acids is 1. The molecule has 0 aliphatic rings. The van der Waals surface area contributed by atoms with E-state index in [1.807, 2.05) is 6.92 Å². The van der Waals surface area contributed by atoms with Gasteiger partial charge in [-0.2, -0.15) is 0 Å². The lowest BCUT2D eigenvalue weighted by Crippen LogP contribution is -2.29. The van der Waals surface area contributed by atoms with Gasteiger partial charge in [0.1, 0.15) is 5.75 Å². The summed E-state index contributed by atoms with van der Waals surface area (Å²) in [5.41, 5.74) is 1.51. The number of aryl methyl sites for hydroxylation is 1. The van der Waals surface area contributed by atoms with Crippen LogP contribution in [0.3, 0.4) is 0 Å². The van der Waals surface area contributed by atoms with E-state index in [-0.39, 0.29) is 17.4 Å². The molecule has 146 valence electrons. The second-order valence-electron chi connectivity index (χ2n) is 6.27. The summed E-state index contributed by atoms with van der Waals surface area (Å²) in [7, 11) is -2.13. The van der Waals surface area contributed by atoms with Crippen LogP contribution in [0.1, 0.15) is 25.3 Å². The zero-order valence-electron chi connectivity index (χ0n) is 15.9. The van der Waals surface area contributed by atoms with Crippen LogP contribution in [0.15, 0.2) is 53.4 Å². The van der Waals surface area contributed by atoms with Gasteiger partial charge in [-0.25, -0.2) is 8.42 Å². The molecule has 0 radical (unpaired) electrons. The fourth-order valence-electron chi connectivity index (χ4n) is 2.36. The molecule has 7 heteroatoms. The molecule has 2 aromatic rings. The summed E-state index contributed by atoms with van der Waals surface area (Å²) in [4.78, 5) is 11.9. The first-order valence-corrected chi connectivity index (χ1v) is 10.3. The second kappa shape index (κ2) is 9.41. The number of sulfonamides is 1. The normalized spacial score (nSPS) is 11.1. The van der Waals surface area contributed by atoms with Gasteiger partial charge in [0.2, 0.25) is 0 Å². The molecule has 0 bridgehead atoms. The standard InChI is InChI=1S/C20H26N2O4S/c1-4-5-14-21-20(23)15-26-18-10-8-17(9-11-18)22(3)27(24,25)19-12-6-16(2)7-13-19/h6-13H,4-5,14-15H2,1-3H3,(H,21,23). The van der Waals surface area contributed by atoms with Crippen LogP contribution in [-0.4, -0.2) is 34.5 Å². The zero-order chi connectivity index (χ0) is 19.9. The van der Waals surface area contributed by atoms with Crippen molar-refractivity contribution in [2.45, 2.75) is 31.6 Å². The highest BCUT2D eigenvalue weighted by Gasteiger charge is 2.21. The number of nitrogens with one attached hydrogen (secondary N) is 1. The van der Waals surface area contributed by atoms with Gasteiger partial charge in [-0.1, -0.05) is 31.0 Å². The van der Waals surface area contributed by atoms with Crippen LogP contribution >= 0.6 is 0 Å². The van der Waals surface area contributed by atoms with Crippen LogP contribution in [0, 0.1) is 6.92 Å². The molecule has 0 atom stereocenters. The lowest BCUT2D eigenvalue weighted by Gasteiger charge is -2.20. The van der Waals surface area contributed by atoms with Gasteiger partial charge in [-0.15, -0.1) is 0 Å². The molecular weight excluding hydrogens is 364 g/mol. The van der Waals surface area contributed by atoms with Crippen LogP contribution in [0.5, 0.6) is 5.75 Å². The summed E-state index contributed by atoms with van der Waals surface area (Å²) in [5, 5.41) is 2.77. The third-order valence-electron chi connectivity index (χ3n) is 4.10. The number of nitrogens with zero attached hydrogens (tertiary/aromatic N) is 1. The molecule has 2 rings (SSSR count). The lowest BCUT2D eigenvalue weighted by molar-refractivity contribution is -0.123. The van der Waals surface area contributed by atoms with Gasteiger partial charge in [0.15, 0.2) is 6.61 Å². The Morgan fingerprint density at radius 1 is 1.07 bits per heavy atom. The van der Waals surface area contributed by atoms with E-state index in [1.165, 1.54) is 11.4 Å². The van der Waals surface area contributed by atoms with Gasteiger partial charge < -0.3 is 10.1 Å². The molecule has 0 saturated carbocycles. The number of anilines is 1. The van der Waals surface area contributed by atoms with Crippen molar-refractivity contribution in [3.05, 3.63) is 54.1 Å². The van der Waals surface area contributed by atoms with Crippen molar-refractivity contribution in [3.8, 4) is 5.75 Å². The largest absolute Gasteiger partial charge is 0.484 e. The van der Waals surface area contributed by atoms with Gasteiger partial charge in [0.05, 0.1) is 10.6 Å². The number of unbranched alkanes of at least 4 members (excludes halogenated alkanes) is 1. The Kier molecular flexibility index (Phi) is 7.24. The summed E-state index contributed by atoms with van der Waals surface area (Å²) in [6.45, 7) is 4.53. The second-order valence-corrected chi connectivity index (χ2v) is 8.24. The molecule has 0 fully saturated rings. The molecule has 6 nitrogen and oxygen atoms in total. The highest BCUT2D eigenvalue weighted by Crippen LogP contribution is 2.24. The first-order chi connectivity index (χ1) is 12.8. The van der Waals surface area contributed by atoms with Gasteiger partial charge in [0, 0.05) is 13.6 Å². The minimum atomic E-state index is -3.63. The van der Waals surface area contributed by atoms with Crippen molar-refractivity contribution in [1.82, 2.24) is 5.32 Å². The molecular formula is C20H26N2O4S. The molecule has 0 spiro atoms. The van der Waals surface area contributed by atoms with E-state index in [2.05, 4.69) is 12.2 Å². The van der Waals surface area contributed by atoms with Crippen LogP contribution < -0.4 is 14.4 Å². The van der Waals surface area contributed by atoms with Gasteiger partial charge >= 0.3 is 0 Å². The van der Waals surface area contributed by atoms with Gasteiger partial charge in [0.25, 0.3) is 15.9 Å². The summed E-state index contributed by atoms with van der Waals surface area (Å²) < 4.78 is 32.1. The minimum absolute atomic E-state index is 0.0689. The predicted molar refractivity (Wildman–Crippen MR) is 107 cm³/mol.